The molecule has 0 saturated carbocycles. The summed E-state index contributed by atoms with van der Waals surface area (Å²) in [6.07, 6.45) is -5.48. The number of nitrogen functional groups attached to an aromatic ring is 1. The molecule has 2 aliphatic heterocycles. The number of H-pyrrole nitrogens is 1. The van der Waals surface area contributed by atoms with Gasteiger partial charge in [0.05, 0.1) is 51.7 Å². The molecule has 2 aliphatic rings. The van der Waals surface area contributed by atoms with Crippen molar-refractivity contribution in [3.63, 3.8) is 0 Å². The minimum absolute atomic E-state index is 0.0594. The maximum Gasteiger partial charge on any atom is 0.330 e. The van der Waals surface area contributed by atoms with Gasteiger partial charge in [-0.1, -0.05) is 0 Å². The highest BCUT2D eigenvalue weighted by atomic mass is 32.5. The zero-order chi connectivity index (χ0) is 37.8. The molecule has 3 unspecified atom stereocenters. The number of rotatable bonds is 18. The van der Waals surface area contributed by atoms with E-state index in [4.69, 9.17) is 59.5 Å². The maximum absolute atomic E-state index is 12.9. The number of nitrogens with one attached hydrogen (secondary N) is 1. The number of pyridine rings is 1. The Morgan fingerprint density at radius 2 is 1.56 bits per heavy atom. The van der Waals surface area contributed by atoms with Crippen LogP contribution in [0, 0.1) is 6.92 Å². The van der Waals surface area contributed by atoms with E-state index in [0.717, 1.165) is 4.57 Å². The molecule has 9 atom stereocenters. The number of fused-ring (bicyclic) bond motifs is 1. The fourth-order valence-electron chi connectivity index (χ4n) is 5.60. The number of aliphatic hydroxyl groups is 1. The first-order valence-electron chi connectivity index (χ1n) is 15.6. The Kier molecular flexibility index (Phi) is 13.9. The second-order valence-corrected chi connectivity index (χ2v) is 17.1. The zero-order valence-corrected chi connectivity index (χ0v) is 31.4. The van der Waals surface area contributed by atoms with Crippen molar-refractivity contribution in [2.75, 3.05) is 59.6 Å². The van der Waals surface area contributed by atoms with Gasteiger partial charge < -0.3 is 63.0 Å². The van der Waals surface area contributed by atoms with Crippen LogP contribution in [0.2, 0.25) is 0 Å². The van der Waals surface area contributed by atoms with Gasteiger partial charge in [-0.05, 0) is 36.6 Å². The largest absolute Gasteiger partial charge is 0.397 e. The summed E-state index contributed by atoms with van der Waals surface area (Å²) in [5.41, 5.74) is 5.88. The van der Waals surface area contributed by atoms with E-state index in [9.17, 15) is 29.4 Å². The molecule has 0 amide bonds. The predicted octanol–water partition coefficient (Wildman–Crippen LogP) is -1.06. The summed E-state index contributed by atoms with van der Waals surface area (Å²) in [6.45, 7) is -7.84. The fraction of sp³-hybridized carbons (Fsp3) is 0.630. The Morgan fingerprint density at radius 3 is 2.23 bits per heavy atom. The maximum atomic E-state index is 12.9. The standard InChI is InChI=1S/C27H40N6O15P2S2/c1-14-10-32(27(36)31-24(14)35)26-22(43-9-7-41-3)20(17(47-26)12-44-49(37,38)51)48-50(39,52)45-11-16-19(34)21(42-8-6-40-2)25(46-16)33-13-30-18-15(28)4-5-29-23(18)33/h4-5,10,13,16-17,19-22,25-26,34H,6-9,11-12H2,1-3H3,(H2,28,29)(H,39,52)(H,31,35,36)(H2,37,38,51)/t16-,17-,19?,20?,21+,22+,25-,26-,50?/m1/s1. The Bertz CT molecular complexity index is 1890. The topological polar surface area (TPSA) is 276 Å². The summed E-state index contributed by atoms with van der Waals surface area (Å²) in [6, 6.07) is 1.59. The molecule has 7 N–H and O–H groups in total. The van der Waals surface area contributed by atoms with Gasteiger partial charge in [0.1, 0.15) is 42.1 Å². The van der Waals surface area contributed by atoms with Crippen molar-refractivity contribution in [3.8, 4) is 0 Å². The first-order valence-corrected chi connectivity index (χ1v) is 20.8. The Hall–Kier alpha value is -2.12. The summed E-state index contributed by atoms with van der Waals surface area (Å²) < 4.78 is 53.5. The number of aromatic nitrogens is 5. The lowest BCUT2D eigenvalue weighted by atomic mass is 10.1. The summed E-state index contributed by atoms with van der Waals surface area (Å²) in [7, 11) is 2.93. The second kappa shape index (κ2) is 17.6. The number of ether oxygens (including phenoxy) is 6. The summed E-state index contributed by atoms with van der Waals surface area (Å²) in [5.74, 6) is 0. The minimum atomic E-state index is -4.32. The number of aliphatic hydroxyl groups excluding tert-OH is 1. The van der Waals surface area contributed by atoms with E-state index >= 15 is 0 Å². The van der Waals surface area contributed by atoms with Crippen LogP contribution in [0.15, 0.2) is 34.4 Å². The van der Waals surface area contributed by atoms with E-state index in [1.807, 2.05) is 0 Å². The van der Waals surface area contributed by atoms with Crippen LogP contribution in [0.3, 0.4) is 0 Å². The van der Waals surface area contributed by atoms with E-state index in [2.05, 4.69) is 26.8 Å². The number of anilines is 1. The molecule has 2 saturated heterocycles. The zero-order valence-electron chi connectivity index (χ0n) is 28.0. The molecule has 0 bridgehead atoms. The summed E-state index contributed by atoms with van der Waals surface area (Å²) in [5, 5.41) is 11.3. The summed E-state index contributed by atoms with van der Waals surface area (Å²) >= 11 is 9.96. The predicted molar refractivity (Wildman–Crippen MR) is 187 cm³/mol. The van der Waals surface area contributed by atoms with E-state index in [0.29, 0.717) is 16.9 Å². The minimum Gasteiger partial charge on any atom is -0.397 e. The normalized spacial score (nSPS) is 27.8. The van der Waals surface area contributed by atoms with Crippen LogP contribution in [0.4, 0.5) is 5.69 Å². The molecule has 3 aromatic rings. The van der Waals surface area contributed by atoms with Crippen molar-refractivity contribution < 1.29 is 61.8 Å². The van der Waals surface area contributed by atoms with Crippen LogP contribution in [0.25, 0.3) is 11.2 Å². The van der Waals surface area contributed by atoms with E-state index in [1.54, 1.807) is 10.6 Å². The van der Waals surface area contributed by atoms with Crippen molar-refractivity contribution in [1.29, 1.82) is 0 Å². The highest BCUT2D eigenvalue weighted by Gasteiger charge is 2.51. The third-order valence-corrected chi connectivity index (χ3v) is 10.4. The first-order chi connectivity index (χ1) is 24.6. The van der Waals surface area contributed by atoms with Crippen LogP contribution < -0.4 is 17.0 Å². The Balaban J connectivity index is 1.38. The number of methoxy groups -OCH3 is 2. The molecule has 25 heteroatoms. The van der Waals surface area contributed by atoms with Gasteiger partial charge in [-0.15, -0.1) is 0 Å². The number of nitrogens with zero attached hydrogens (tertiary/aromatic N) is 4. The molecule has 52 heavy (non-hydrogen) atoms. The lowest BCUT2D eigenvalue weighted by Gasteiger charge is -2.29. The molecule has 0 radical (unpaired) electrons. The number of nitrogens with two attached hydrogens (primary N) is 1. The van der Waals surface area contributed by atoms with Gasteiger partial charge in [0.25, 0.3) is 5.56 Å². The van der Waals surface area contributed by atoms with Crippen LogP contribution in [0.1, 0.15) is 18.0 Å². The lowest BCUT2D eigenvalue weighted by molar-refractivity contribution is -0.0820. The van der Waals surface area contributed by atoms with E-state index < -0.39 is 87.0 Å². The second-order valence-electron chi connectivity index (χ2n) is 11.6. The highest BCUT2D eigenvalue weighted by Crippen LogP contribution is 2.51. The quantitative estimate of drug-likeness (QED) is 0.0659. The number of aryl methyl sites for hydroxylation is 1. The summed E-state index contributed by atoms with van der Waals surface area (Å²) in [4.78, 5) is 66.7. The van der Waals surface area contributed by atoms with Gasteiger partial charge in [-0.3, -0.25) is 23.4 Å². The van der Waals surface area contributed by atoms with Gasteiger partial charge in [0.15, 0.2) is 18.1 Å². The van der Waals surface area contributed by atoms with Crippen LogP contribution in [0.5, 0.6) is 0 Å². The number of aromatic amines is 1. The molecule has 5 rings (SSSR count). The molecular weight excluding hydrogens is 774 g/mol. The van der Waals surface area contributed by atoms with Crippen molar-refractivity contribution >= 4 is 53.9 Å². The first kappa shape index (κ1) is 41.1. The van der Waals surface area contributed by atoms with Crippen molar-refractivity contribution in [1.82, 2.24) is 24.1 Å². The Labute approximate surface area is 305 Å². The molecule has 0 aromatic carbocycles. The number of hydrogen-bond acceptors (Lipinski definition) is 17. The SMILES string of the molecule is COCCO[C@H]1C(OP(O)(=S)OC[C@H]2O[C@@H](n3cnc4c(N)ccnc43)[C@@H](OCCOC)C2O)[C@@H](COP(O)(O)=S)O[C@H]1n1cc(C)c(=O)[nH]c1=O. The van der Waals surface area contributed by atoms with Crippen molar-refractivity contribution in [2.45, 2.75) is 56.0 Å². The highest BCUT2D eigenvalue weighted by molar-refractivity contribution is 8.07. The third-order valence-electron chi connectivity index (χ3n) is 8.04. The Morgan fingerprint density at radius 1 is 0.923 bits per heavy atom. The van der Waals surface area contributed by atoms with E-state index in [-0.39, 0.29) is 32.0 Å². The molecule has 2 fully saturated rings. The van der Waals surface area contributed by atoms with Crippen molar-refractivity contribution in [3.05, 3.63) is 51.2 Å². The molecule has 5 heterocycles. The average Bonchev–Trinajstić information content (AvgIpc) is 3.75. The van der Waals surface area contributed by atoms with Crippen molar-refractivity contribution in [2.24, 2.45) is 0 Å². The average molecular weight is 815 g/mol. The van der Waals surface area contributed by atoms with Gasteiger partial charge in [0, 0.05) is 32.2 Å². The van der Waals surface area contributed by atoms with E-state index in [1.165, 1.54) is 39.9 Å². The van der Waals surface area contributed by atoms with Crippen LogP contribution in [-0.4, -0.2) is 134 Å². The van der Waals surface area contributed by atoms with Gasteiger partial charge in [0.2, 0.25) is 0 Å². The molecule has 21 nitrogen and oxygen atoms in total. The molecule has 0 spiro atoms. The number of hydrogen-bond donors (Lipinski definition) is 6. The van der Waals surface area contributed by atoms with Gasteiger partial charge in [-0.2, -0.15) is 0 Å². The van der Waals surface area contributed by atoms with Gasteiger partial charge >= 0.3 is 19.1 Å². The van der Waals surface area contributed by atoms with Gasteiger partial charge in [-0.25, -0.2) is 14.8 Å². The molecule has 290 valence electrons. The smallest absolute Gasteiger partial charge is 0.330 e. The molecule has 0 aliphatic carbocycles. The third kappa shape index (κ3) is 9.75. The lowest BCUT2D eigenvalue weighted by Crippen LogP contribution is -2.41. The number of imidazole rings is 1. The van der Waals surface area contributed by atoms with Crippen LogP contribution >= 0.6 is 13.4 Å². The molecular formula is C27H40N6O15P2S2. The van der Waals surface area contributed by atoms with Crippen LogP contribution in [-0.2, 0) is 65.6 Å². The monoisotopic (exact) mass is 814 g/mol. The fourth-order valence-corrected chi connectivity index (χ4v) is 7.57. The molecule has 3 aromatic heterocycles.